The number of hydrogen-bond acceptors (Lipinski definition) is 4. The van der Waals surface area contributed by atoms with Gasteiger partial charge in [-0.3, -0.25) is 9.69 Å². The normalized spacial score (nSPS) is 34.2. The Kier molecular flexibility index (Phi) is 4.96. The lowest BCUT2D eigenvalue weighted by atomic mass is 9.83. The zero-order valence-electron chi connectivity index (χ0n) is 14.1. The Hall–Kier alpha value is -0.650. The minimum Gasteiger partial charge on any atom is -0.368 e. The van der Waals surface area contributed by atoms with Crippen molar-refractivity contribution >= 4 is 5.91 Å². The largest absolute Gasteiger partial charge is 0.368 e. The zero-order valence-corrected chi connectivity index (χ0v) is 14.1. The quantitative estimate of drug-likeness (QED) is 0.782. The van der Waals surface area contributed by atoms with Crippen molar-refractivity contribution in [3.8, 4) is 0 Å². The molecule has 2 aliphatic rings. The van der Waals surface area contributed by atoms with Crippen LogP contribution in [0.15, 0.2) is 0 Å². The molecule has 0 aromatic heterocycles. The molecular formula is C16H32N4O. The molecule has 5 heteroatoms. The highest BCUT2D eigenvalue weighted by Crippen LogP contribution is 2.38. The molecule has 0 aromatic carbocycles. The van der Waals surface area contributed by atoms with Gasteiger partial charge >= 0.3 is 0 Å². The van der Waals surface area contributed by atoms with Gasteiger partial charge in [0, 0.05) is 25.2 Å². The van der Waals surface area contributed by atoms with Crippen molar-refractivity contribution < 1.29 is 4.79 Å². The van der Waals surface area contributed by atoms with Gasteiger partial charge in [-0.2, -0.15) is 0 Å². The van der Waals surface area contributed by atoms with Crippen molar-refractivity contribution in [2.75, 3.05) is 40.3 Å². The number of piperazine rings is 1. The average molecular weight is 296 g/mol. The van der Waals surface area contributed by atoms with Gasteiger partial charge < -0.3 is 16.0 Å². The summed E-state index contributed by atoms with van der Waals surface area (Å²) in [6.45, 7) is 9.00. The molecule has 1 saturated carbocycles. The van der Waals surface area contributed by atoms with E-state index in [2.05, 4.69) is 36.0 Å². The molecule has 1 heterocycles. The Morgan fingerprint density at radius 2 is 2.10 bits per heavy atom. The molecule has 2 unspecified atom stereocenters. The standard InChI is InChI=1S/C16H32N4O/c1-15(2)12-20(11-10-19(15)4)9-7-13-6-5-8-16(13,18-3)14(17)21/h13,18H,5-12H2,1-4H3,(H2,17,21). The predicted molar refractivity (Wildman–Crippen MR) is 86.1 cm³/mol. The Morgan fingerprint density at radius 1 is 1.38 bits per heavy atom. The molecule has 1 amide bonds. The number of carbonyl (C=O) groups excluding carboxylic acids is 1. The van der Waals surface area contributed by atoms with Crippen LogP contribution in [0.25, 0.3) is 0 Å². The fraction of sp³-hybridized carbons (Fsp3) is 0.938. The second-order valence-electron chi connectivity index (χ2n) is 7.47. The number of nitrogens with one attached hydrogen (secondary N) is 1. The topological polar surface area (TPSA) is 61.6 Å². The first-order valence-electron chi connectivity index (χ1n) is 8.24. The van der Waals surface area contributed by atoms with Crippen molar-refractivity contribution in [2.24, 2.45) is 11.7 Å². The van der Waals surface area contributed by atoms with Crippen molar-refractivity contribution in [1.82, 2.24) is 15.1 Å². The van der Waals surface area contributed by atoms with Gasteiger partial charge in [0.15, 0.2) is 0 Å². The van der Waals surface area contributed by atoms with E-state index in [1.165, 1.54) is 0 Å². The molecule has 0 radical (unpaired) electrons. The van der Waals surface area contributed by atoms with Crippen LogP contribution in [-0.2, 0) is 4.79 Å². The van der Waals surface area contributed by atoms with Gasteiger partial charge in [-0.1, -0.05) is 6.42 Å². The Labute approximate surface area is 129 Å². The van der Waals surface area contributed by atoms with E-state index in [1.807, 2.05) is 7.05 Å². The molecule has 1 aliphatic heterocycles. The number of hydrogen-bond donors (Lipinski definition) is 2. The molecule has 122 valence electrons. The number of amides is 1. The SMILES string of the molecule is CNC1(C(N)=O)CCCC1CCN1CCN(C)C(C)(C)C1. The number of rotatable bonds is 5. The van der Waals surface area contributed by atoms with Crippen LogP contribution in [0.1, 0.15) is 39.5 Å². The summed E-state index contributed by atoms with van der Waals surface area (Å²) in [5, 5.41) is 3.24. The molecular weight excluding hydrogens is 264 g/mol. The molecule has 5 nitrogen and oxygen atoms in total. The van der Waals surface area contributed by atoms with Crippen LogP contribution < -0.4 is 11.1 Å². The zero-order chi connectivity index (χ0) is 15.7. The predicted octanol–water partition coefficient (Wildman–Crippen LogP) is 0.646. The van der Waals surface area contributed by atoms with E-state index in [9.17, 15) is 4.79 Å². The molecule has 3 N–H and O–H groups in total. The van der Waals surface area contributed by atoms with E-state index in [4.69, 9.17) is 5.73 Å². The number of nitrogens with zero attached hydrogens (tertiary/aromatic N) is 2. The molecule has 2 rings (SSSR count). The Morgan fingerprint density at radius 3 is 2.67 bits per heavy atom. The van der Waals surface area contributed by atoms with E-state index in [0.29, 0.717) is 5.92 Å². The van der Waals surface area contributed by atoms with Gasteiger partial charge in [0.25, 0.3) is 0 Å². The third kappa shape index (κ3) is 3.25. The molecule has 0 spiro atoms. The third-order valence-corrected chi connectivity index (χ3v) is 5.90. The third-order valence-electron chi connectivity index (χ3n) is 5.90. The molecule has 2 atom stereocenters. The van der Waals surface area contributed by atoms with Crippen LogP contribution in [-0.4, -0.2) is 67.1 Å². The van der Waals surface area contributed by atoms with Gasteiger partial charge in [-0.25, -0.2) is 0 Å². The average Bonchev–Trinajstić information content (AvgIpc) is 2.84. The molecule has 0 aromatic rings. The second kappa shape index (κ2) is 6.23. The number of nitrogens with two attached hydrogens (primary N) is 1. The van der Waals surface area contributed by atoms with Gasteiger partial charge in [0.2, 0.25) is 5.91 Å². The van der Waals surface area contributed by atoms with Crippen LogP contribution in [0, 0.1) is 5.92 Å². The minimum atomic E-state index is -0.470. The molecule has 0 bridgehead atoms. The fourth-order valence-electron chi connectivity index (χ4n) is 4.12. The van der Waals surface area contributed by atoms with Crippen molar-refractivity contribution in [2.45, 2.75) is 50.6 Å². The van der Waals surface area contributed by atoms with Crippen LogP contribution in [0.4, 0.5) is 0 Å². The van der Waals surface area contributed by atoms with Gasteiger partial charge in [0.05, 0.1) is 0 Å². The smallest absolute Gasteiger partial charge is 0.238 e. The van der Waals surface area contributed by atoms with E-state index in [0.717, 1.165) is 51.9 Å². The summed E-state index contributed by atoms with van der Waals surface area (Å²) in [6.07, 6.45) is 4.16. The Balaban J connectivity index is 1.92. The number of likely N-dealkylation sites (N-methyl/N-ethyl adjacent to an activating group) is 2. The van der Waals surface area contributed by atoms with Gasteiger partial charge in [-0.05, 0) is 59.7 Å². The molecule has 21 heavy (non-hydrogen) atoms. The molecule has 1 aliphatic carbocycles. The highest BCUT2D eigenvalue weighted by atomic mass is 16.1. The lowest BCUT2D eigenvalue weighted by Gasteiger charge is -2.46. The molecule has 2 fully saturated rings. The summed E-state index contributed by atoms with van der Waals surface area (Å²) in [7, 11) is 4.08. The van der Waals surface area contributed by atoms with Crippen molar-refractivity contribution in [3.05, 3.63) is 0 Å². The van der Waals surface area contributed by atoms with E-state index >= 15 is 0 Å². The molecule has 1 saturated heterocycles. The maximum atomic E-state index is 11.9. The first-order valence-corrected chi connectivity index (χ1v) is 8.24. The summed E-state index contributed by atoms with van der Waals surface area (Å²) in [5.74, 6) is 0.203. The number of primary amides is 1. The highest BCUT2D eigenvalue weighted by Gasteiger charge is 2.46. The second-order valence-corrected chi connectivity index (χ2v) is 7.47. The summed E-state index contributed by atoms with van der Waals surface area (Å²) in [6, 6.07) is 0. The van der Waals surface area contributed by atoms with Crippen molar-refractivity contribution in [1.29, 1.82) is 0 Å². The lowest BCUT2D eigenvalue weighted by molar-refractivity contribution is -0.125. The maximum Gasteiger partial charge on any atom is 0.238 e. The summed E-state index contributed by atoms with van der Waals surface area (Å²) in [5.41, 5.74) is 5.45. The van der Waals surface area contributed by atoms with Crippen LogP contribution in [0.2, 0.25) is 0 Å². The van der Waals surface area contributed by atoms with E-state index in [-0.39, 0.29) is 11.4 Å². The fourth-order valence-corrected chi connectivity index (χ4v) is 4.12. The first-order chi connectivity index (χ1) is 9.82. The monoisotopic (exact) mass is 296 g/mol. The van der Waals surface area contributed by atoms with Crippen LogP contribution in [0.5, 0.6) is 0 Å². The lowest BCUT2D eigenvalue weighted by Crippen LogP contribution is -2.59. The van der Waals surface area contributed by atoms with E-state index in [1.54, 1.807) is 0 Å². The minimum absolute atomic E-state index is 0.175. The van der Waals surface area contributed by atoms with E-state index < -0.39 is 5.54 Å². The summed E-state index contributed by atoms with van der Waals surface area (Å²) in [4.78, 5) is 16.9. The maximum absolute atomic E-state index is 11.9. The van der Waals surface area contributed by atoms with Crippen LogP contribution in [0.3, 0.4) is 0 Å². The Bertz CT molecular complexity index is 384. The number of carbonyl (C=O) groups is 1. The summed E-state index contributed by atoms with van der Waals surface area (Å²) < 4.78 is 0. The van der Waals surface area contributed by atoms with Crippen molar-refractivity contribution in [3.63, 3.8) is 0 Å². The summed E-state index contributed by atoms with van der Waals surface area (Å²) >= 11 is 0. The van der Waals surface area contributed by atoms with Gasteiger partial charge in [-0.15, -0.1) is 0 Å². The van der Waals surface area contributed by atoms with Crippen LogP contribution >= 0.6 is 0 Å². The highest BCUT2D eigenvalue weighted by molar-refractivity contribution is 5.85. The van der Waals surface area contributed by atoms with Gasteiger partial charge in [0.1, 0.15) is 5.54 Å². The first kappa shape index (κ1) is 16.7.